The molecule has 0 aromatic carbocycles. The lowest BCUT2D eigenvalue weighted by molar-refractivity contribution is -0.141. The van der Waals surface area contributed by atoms with E-state index in [1.54, 1.807) is 0 Å². The van der Waals surface area contributed by atoms with Crippen LogP contribution in [0.3, 0.4) is 0 Å². The van der Waals surface area contributed by atoms with E-state index < -0.39 is 18.0 Å². The smallest absolute Gasteiger partial charge is 0.320 e. The molecule has 3 N–H and O–H groups in total. The van der Waals surface area contributed by atoms with Gasteiger partial charge in [-0.15, -0.1) is 0 Å². The van der Waals surface area contributed by atoms with E-state index in [1.165, 1.54) is 7.11 Å². The molecular formula is C8H17NO4. The molecule has 0 heterocycles. The molecule has 0 aliphatic rings. The van der Waals surface area contributed by atoms with E-state index in [0.717, 1.165) is 0 Å². The average molecular weight is 191 g/mol. The predicted molar refractivity (Wildman–Crippen MR) is 48.2 cm³/mol. The Morgan fingerprint density at radius 2 is 1.92 bits per heavy atom. The summed E-state index contributed by atoms with van der Waals surface area (Å²) in [5, 5.41) is 8.29. The zero-order chi connectivity index (χ0) is 10.9. The number of rotatable bonds is 4. The van der Waals surface area contributed by atoms with Gasteiger partial charge in [0.25, 0.3) is 0 Å². The van der Waals surface area contributed by atoms with Gasteiger partial charge in [-0.05, 0) is 6.42 Å². The van der Waals surface area contributed by atoms with Crippen molar-refractivity contribution in [1.82, 2.24) is 0 Å². The molecule has 0 aromatic heterocycles. The van der Waals surface area contributed by atoms with Crippen LogP contribution < -0.4 is 5.73 Å². The van der Waals surface area contributed by atoms with E-state index in [2.05, 4.69) is 4.74 Å². The van der Waals surface area contributed by atoms with Crippen LogP contribution in [0, 0.1) is 0 Å². The summed E-state index contributed by atoms with van der Waals surface area (Å²) in [6.45, 7) is 4.00. The summed E-state index contributed by atoms with van der Waals surface area (Å²) in [5.74, 6) is -1.55. The van der Waals surface area contributed by atoms with Crippen molar-refractivity contribution in [3.05, 3.63) is 0 Å². The van der Waals surface area contributed by atoms with E-state index in [1.807, 2.05) is 13.8 Å². The maximum atomic E-state index is 10.5. The lowest BCUT2D eigenvalue weighted by Crippen LogP contribution is -2.30. The van der Waals surface area contributed by atoms with Gasteiger partial charge >= 0.3 is 11.9 Å². The van der Waals surface area contributed by atoms with Gasteiger partial charge in [-0.3, -0.25) is 9.59 Å². The first-order valence-corrected chi connectivity index (χ1v) is 4.13. The SMILES string of the molecule is CC.COC(=O)CCC(N)C(=O)O. The second-order valence-electron chi connectivity index (χ2n) is 2.06. The molecule has 0 fully saturated rings. The summed E-state index contributed by atoms with van der Waals surface area (Å²) in [7, 11) is 1.24. The molecule has 0 aliphatic heterocycles. The van der Waals surface area contributed by atoms with Crippen LogP contribution in [-0.2, 0) is 14.3 Å². The fourth-order valence-corrected chi connectivity index (χ4v) is 0.499. The zero-order valence-electron chi connectivity index (χ0n) is 8.24. The summed E-state index contributed by atoms with van der Waals surface area (Å²) >= 11 is 0. The Kier molecular flexibility index (Phi) is 9.98. The van der Waals surface area contributed by atoms with Crippen molar-refractivity contribution in [3.8, 4) is 0 Å². The zero-order valence-corrected chi connectivity index (χ0v) is 8.24. The number of esters is 1. The van der Waals surface area contributed by atoms with Crippen LogP contribution in [0.2, 0.25) is 0 Å². The quantitative estimate of drug-likeness (QED) is 0.627. The third-order valence-electron chi connectivity index (χ3n) is 1.20. The lowest BCUT2D eigenvalue weighted by Gasteiger charge is -2.03. The number of nitrogens with two attached hydrogens (primary N) is 1. The maximum Gasteiger partial charge on any atom is 0.320 e. The highest BCUT2D eigenvalue weighted by Crippen LogP contribution is 1.95. The summed E-state index contributed by atoms with van der Waals surface area (Å²) < 4.78 is 4.29. The maximum absolute atomic E-state index is 10.5. The second kappa shape index (κ2) is 8.99. The van der Waals surface area contributed by atoms with Crippen LogP contribution in [0.15, 0.2) is 0 Å². The highest BCUT2D eigenvalue weighted by atomic mass is 16.5. The predicted octanol–water partition coefficient (Wildman–Crippen LogP) is 0.378. The molecule has 5 nitrogen and oxygen atoms in total. The molecule has 0 spiro atoms. The van der Waals surface area contributed by atoms with Crippen molar-refractivity contribution in [2.24, 2.45) is 5.73 Å². The van der Waals surface area contributed by atoms with E-state index in [9.17, 15) is 9.59 Å². The molecule has 0 amide bonds. The van der Waals surface area contributed by atoms with Gasteiger partial charge in [-0.1, -0.05) is 13.8 Å². The summed E-state index contributed by atoms with van der Waals surface area (Å²) in [4.78, 5) is 20.6. The Hall–Kier alpha value is -1.10. The Bertz CT molecular complexity index is 158. The first-order valence-electron chi connectivity index (χ1n) is 4.13. The van der Waals surface area contributed by atoms with Crippen molar-refractivity contribution >= 4 is 11.9 Å². The standard InChI is InChI=1S/C6H11NO4.C2H6/c1-11-5(8)3-2-4(7)6(9)10;1-2/h4H,2-3,7H2,1H3,(H,9,10);1-2H3. The Morgan fingerprint density at radius 1 is 1.46 bits per heavy atom. The molecule has 0 saturated heterocycles. The molecule has 0 bridgehead atoms. The monoisotopic (exact) mass is 191 g/mol. The molecule has 5 heteroatoms. The third-order valence-corrected chi connectivity index (χ3v) is 1.20. The van der Waals surface area contributed by atoms with Crippen LogP contribution in [-0.4, -0.2) is 30.2 Å². The summed E-state index contributed by atoms with van der Waals surface area (Å²) in [6.07, 6.45) is 0.159. The van der Waals surface area contributed by atoms with Crippen LogP contribution >= 0.6 is 0 Å². The highest BCUT2D eigenvalue weighted by Gasteiger charge is 2.12. The van der Waals surface area contributed by atoms with E-state index in [4.69, 9.17) is 10.8 Å². The molecule has 0 aliphatic carbocycles. The number of carboxylic acids is 1. The van der Waals surface area contributed by atoms with Gasteiger partial charge in [0.05, 0.1) is 7.11 Å². The first-order chi connectivity index (χ1) is 6.07. The lowest BCUT2D eigenvalue weighted by atomic mass is 10.2. The number of hydrogen-bond donors (Lipinski definition) is 2. The van der Waals surface area contributed by atoms with Gasteiger partial charge < -0.3 is 15.6 Å². The molecule has 0 aromatic rings. The Morgan fingerprint density at radius 3 is 2.23 bits per heavy atom. The number of aliphatic carboxylic acids is 1. The number of hydrogen-bond acceptors (Lipinski definition) is 4. The Balaban J connectivity index is 0. The van der Waals surface area contributed by atoms with Crippen molar-refractivity contribution in [1.29, 1.82) is 0 Å². The molecule has 0 rings (SSSR count). The molecule has 0 radical (unpaired) electrons. The van der Waals surface area contributed by atoms with Gasteiger partial charge in [0.2, 0.25) is 0 Å². The first kappa shape index (κ1) is 14.4. The van der Waals surface area contributed by atoms with Gasteiger partial charge in [0.15, 0.2) is 0 Å². The molecule has 1 atom stereocenters. The fourth-order valence-electron chi connectivity index (χ4n) is 0.499. The minimum absolute atomic E-state index is 0.0456. The van der Waals surface area contributed by atoms with Crippen molar-refractivity contribution in [2.45, 2.75) is 32.7 Å². The molecule has 78 valence electrons. The Labute approximate surface area is 77.9 Å². The van der Waals surface area contributed by atoms with Crippen LogP contribution in [0.1, 0.15) is 26.7 Å². The average Bonchev–Trinajstić information content (AvgIpc) is 2.16. The number of carbonyl (C=O) groups is 2. The summed E-state index contributed by atoms with van der Waals surface area (Å²) in [5.41, 5.74) is 5.11. The van der Waals surface area contributed by atoms with Crippen molar-refractivity contribution in [3.63, 3.8) is 0 Å². The molecular weight excluding hydrogens is 174 g/mol. The largest absolute Gasteiger partial charge is 0.480 e. The van der Waals surface area contributed by atoms with Gasteiger partial charge in [-0.2, -0.15) is 0 Å². The van der Waals surface area contributed by atoms with Gasteiger partial charge in [-0.25, -0.2) is 0 Å². The van der Waals surface area contributed by atoms with Crippen LogP contribution in [0.25, 0.3) is 0 Å². The summed E-state index contributed by atoms with van der Waals surface area (Å²) in [6, 6.07) is -0.978. The minimum Gasteiger partial charge on any atom is -0.480 e. The number of carboxylic acid groups (broad SMARTS) is 1. The van der Waals surface area contributed by atoms with Crippen molar-refractivity contribution < 1.29 is 19.4 Å². The van der Waals surface area contributed by atoms with Gasteiger partial charge in [0.1, 0.15) is 6.04 Å². The third kappa shape index (κ3) is 8.81. The van der Waals surface area contributed by atoms with E-state index in [0.29, 0.717) is 0 Å². The molecule has 1 unspecified atom stereocenters. The number of methoxy groups -OCH3 is 1. The topological polar surface area (TPSA) is 89.6 Å². The van der Waals surface area contributed by atoms with E-state index >= 15 is 0 Å². The van der Waals surface area contributed by atoms with Crippen LogP contribution in [0.5, 0.6) is 0 Å². The van der Waals surface area contributed by atoms with Crippen LogP contribution in [0.4, 0.5) is 0 Å². The second-order valence-corrected chi connectivity index (χ2v) is 2.06. The minimum atomic E-state index is -1.10. The molecule has 0 saturated carbocycles. The number of ether oxygens (including phenoxy) is 1. The number of carbonyl (C=O) groups excluding carboxylic acids is 1. The van der Waals surface area contributed by atoms with Gasteiger partial charge in [0, 0.05) is 6.42 Å². The molecule has 13 heavy (non-hydrogen) atoms. The fraction of sp³-hybridized carbons (Fsp3) is 0.750. The normalized spacial score (nSPS) is 10.8. The highest BCUT2D eigenvalue weighted by molar-refractivity contribution is 5.75. The van der Waals surface area contributed by atoms with E-state index in [-0.39, 0.29) is 12.8 Å². The van der Waals surface area contributed by atoms with Crippen molar-refractivity contribution in [2.75, 3.05) is 7.11 Å².